The molecule has 0 saturated carbocycles. The van der Waals surface area contributed by atoms with Gasteiger partial charge in [0.1, 0.15) is 12.4 Å². The number of nitro benzene ring substituents is 1. The van der Waals surface area contributed by atoms with Gasteiger partial charge in [-0.2, -0.15) is 0 Å². The topological polar surface area (TPSA) is 72.7 Å². The number of anilines is 1. The van der Waals surface area contributed by atoms with Crippen LogP contribution in [0.3, 0.4) is 0 Å². The van der Waals surface area contributed by atoms with Gasteiger partial charge in [-0.15, -0.1) is 0 Å². The van der Waals surface area contributed by atoms with Crippen molar-refractivity contribution in [3.8, 4) is 5.75 Å². The molecule has 6 nitrogen and oxygen atoms in total. The summed E-state index contributed by atoms with van der Waals surface area (Å²) < 4.78 is 6.21. The van der Waals surface area contributed by atoms with E-state index >= 15 is 0 Å². The first-order valence-corrected chi connectivity index (χ1v) is 11.0. The first-order chi connectivity index (χ1) is 15.4. The maximum atomic E-state index is 12.9. The molecule has 1 heterocycles. The second-order valence-corrected chi connectivity index (χ2v) is 8.83. The summed E-state index contributed by atoms with van der Waals surface area (Å²) in [6.45, 7) is 0.325. The maximum Gasteiger partial charge on any atom is 0.270 e. The van der Waals surface area contributed by atoms with Gasteiger partial charge in [0.05, 0.1) is 15.5 Å². The number of thiocarbonyl (C=S) groups is 1. The van der Waals surface area contributed by atoms with Crippen LogP contribution in [-0.4, -0.2) is 15.2 Å². The zero-order chi connectivity index (χ0) is 22.7. The SMILES string of the molecule is O=C1C(=Cc2cccc(OCc3ccccc3Cl)c2)SC(=S)N1c1ccc([N+](=O)[O-])cc1. The lowest BCUT2D eigenvalue weighted by Crippen LogP contribution is -2.27. The van der Waals surface area contributed by atoms with Crippen LogP contribution in [0.5, 0.6) is 5.75 Å². The number of nitrogens with zero attached hydrogens (tertiary/aromatic N) is 2. The molecule has 3 aromatic rings. The Morgan fingerprint density at radius 2 is 1.84 bits per heavy atom. The Hall–Kier alpha value is -3.20. The third-order valence-corrected chi connectivity index (χ3v) is 6.29. The van der Waals surface area contributed by atoms with E-state index in [0.717, 1.165) is 11.1 Å². The fraction of sp³-hybridized carbons (Fsp3) is 0.0435. The number of hydrogen-bond donors (Lipinski definition) is 0. The minimum Gasteiger partial charge on any atom is -0.489 e. The number of rotatable bonds is 6. The number of non-ortho nitro benzene ring substituents is 1. The molecule has 0 N–H and O–H groups in total. The van der Waals surface area contributed by atoms with Crippen LogP contribution in [0.2, 0.25) is 5.02 Å². The van der Waals surface area contributed by atoms with Crippen LogP contribution in [0.1, 0.15) is 11.1 Å². The highest BCUT2D eigenvalue weighted by Gasteiger charge is 2.33. The first-order valence-electron chi connectivity index (χ1n) is 9.41. The van der Waals surface area contributed by atoms with Crippen molar-refractivity contribution < 1.29 is 14.5 Å². The summed E-state index contributed by atoms with van der Waals surface area (Å²) in [5.74, 6) is 0.362. The monoisotopic (exact) mass is 482 g/mol. The Bertz CT molecular complexity index is 1240. The van der Waals surface area contributed by atoms with Gasteiger partial charge in [-0.25, -0.2) is 0 Å². The van der Waals surface area contributed by atoms with E-state index in [0.29, 0.717) is 32.3 Å². The standard InChI is InChI=1S/C23H15ClN2O4S2/c24-20-7-2-1-5-16(20)14-30-19-6-3-4-15(12-19)13-21-22(27)25(23(31)32-21)17-8-10-18(11-9-17)26(28)29/h1-13H,14H2. The molecule has 0 unspecified atom stereocenters. The van der Waals surface area contributed by atoms with Crippen molar-refractivity contribution in [1.29, 1.82) is 0 Å². The van der Waals surface area contributed by atoms with E-state index in [1.807, 2.05) is 48.5 Å². The lowest BCUT2D eigenvalue weighted by Gasteiger charge is -2.14. The van der Waals surface area contributed by atoms with Gasteiger partial charge in [0.15, 0.2) is 4.32 Å². The Morgan fingerprint density at radius 3 is 2.56 bits per heavy atom. The van der Waals surface area contributed by atoms with E-state index in [1.54, 1.807) is 6.08 Å². The molecular formula is C23H15ClN2O4S2. The Kier molecular flexibility index (Phi) is 6.55. The fourth-order valence-electron chi connectivity index (χ4n) is 3.04. The summed E-state index contributed by atoms with van der Waals surface area (Å²) in [4.78, 5) is 25.1. The van der Waals surface area contributed by atoms with E-state index in [1.165, 1.54) is 40.9 Å². The van der Waals surface area contributed by atoms with Gasteiger partial charge in [0.25, 0.3) is 11.6 Å². The number of thioether (sulfide) groups is 1. The van der Waals surface area contributed by atoms with Crippen molar-refractivity contribution in [2.45, 2.75) is 6.61 Å². The average Bonchev–Trinajstić information content (AvgIpc) is 3.06. The van der Waals surface area contributed by atoms with Crippen LogP contribution in [0.4, 0.5) is 11.4 Å². The zero-order valence-electron chi connectivity index (χ0n) is 16.4. The van der Waals surface area contributed by atoms with E-state index in [9.17, 15) is 14.9 Å². The number of carbonyl (C=O) groups is 1. The van der Waals surface area contributed by atoms with E-state index in [-0.39, 0.29) is 11.6 Å². The molecule has 1 saturated heterocycles. The van der Waals surface area contributed by atoms with Crippen LogP contribution < -0.4 is 9.64 Å². The van der Waals surface area contributed by atoms with Crippen LogP contribution >= 0.6 is 35.6 Å². The van der Waals surface area contributed by atoms with E-state index in [4.69, 9.17) is 28.6 Å². The summed E-state index contributed by atoms with van der Waals surface area (Å²) in [6, 6.07) is 20.5. The first kappa shape index (κ1) is 22.0. The molecule has 160 valence electrons. The van der Waals surface area contributed by atoms with Gasteiger partial charge in [0.2, 0.25) is 0 Å². The molecule has 0 atom stereocenters. The maximum absolute atomic E-state index is 12.9. The number of amides is 1. The van der Waals surface area contributed by atoms with Gasteiger partial charge in [-0.1, -0.05) is 65.9 Å². The van der Waals surface area contributed by atoms with Gasteiger partial charge in [0, 0.05) is 22.7 Å². The fourth-order valence-corrected chi connectivity index (χ4v) is 4.53. The van der Waals surface area contributed by atoms with Gasteiger partial charge in [-0.05, 0) is 42.0 Å². The van der Waals surface area contributed by atoms with Crippen LogP contribution in [-0.2, 0) is 11.4 Å². The van der Waals surface area contributed by atoms with Gasteiger partial charge < -0.3 is 4.74 Å². The van der Waals surface area contributed by atoms with Crippen LogP contribution in [0, 0.1) is 10.1 Å². The summed E-state index contributed by atoms with van der Waals surface area (Å²) in [5, 5.41) is 11.5. The number of nitro groups is 1. The molecule has 9 heteroatoms. The van der Waals surface area contributed by atoms with Crippen molar-refractivity contribution >= 4 is 63.3 Å². The van der Waals surface area contributed by atoms with Crippen LogP contribution in [0.25, 0.3) is 6.08 Å². The number of ether oxygens (including phenoxy) is 1. The lowest BCUT2D eigenvalue weighted by molar-refractivity contribution is -0.384. The number of hydrogen-bond acceptors (Lipinski definition) is 6. The number of benzene rings is 3. The predicted octanol–water partition coefficient (Wildman–Crippen LogP) is 6.23. The lowest BCUT2D eigenvalue weighted by atomic mass is 10.2. The van der Waals surface area contributed by atoms with Crippen LogP contribution in [0.15, 0.2) is 77.7 Å². The highest BCUT2D eigenvalue weighted by Crippen LogP contribution is 2.36. The molecule has 0 radical (unpaired) electrons. The summed E-state index contributed by atoms with van der Waals surface area (Å²) in [7, 11) is 0. The van der Waals surface area contributed by atoms with E-state index < -0.39 is 4.92 Å². The molecule has 3 aromatic carbocycles. The molecule has 1 aliphatic heterocycles. The number of carbonyl (C=O) groups excluding carboxylic acids is 1. The third-order valence-electron chi connectivity index (χ3n) is 4.62. The number of halogens is 1. The Labute approximate surface area is 198 Å². The highest BCUT2D eigenvalue weighted by molar-refractivity contribution is 8.27. The zero-order valence-corrected chi connectivity index (χ0v) is 18.8. The molecule has 0 aromatic heterocycles. The van der Waals surface area contributed by atoms with Crippen molar-refractivity contribution in [2.75, 3.05) is 4.90 Å². The van der Waals surface area contributed by atoms with Crippen molar-refractivity contribution in [3.05, 3.63) is 104 Å². The minimum atomic E-state index is -0.491. The molecule has 0 spiro atoms. The summed E-state index contributed by atoms with van der Waals surface area (Å²) >= 11 is 12.7. The molecule has 0 aliphatic carbocycles. The molecule has 1 amide bonds. The highest BCUT2D eigenvalue weighted by atomic mass is 35.5. The van der Waals surface area contributed by atoms with Gasteiger partial charge >= 0.3 is 0 Å². The molecule has 0 bridgehead atoms. The second-order valence-electron chi connectivity index (χ2n) is 6.74. The molecule has 1 aliphatic rings. The Balaban J connectivity index is 1.51. The quantitative estimate of drug-likeness (QED) is 0.179. The largest absolute Gasteiger partial charge is 0.489 e. The van der Waals surface area contributed by atoms with Gasteiger partial charge in [-0.3, -0.25) is 19.8 Å². The Morgan fingerprint density at radius 1 is 1.09 bits per heavy atom. The molecule has 32 heavy (non-hydrogen) atoms. The van der Waals surface area contributed by atoms with Crippen molar-refractivity contribution in [3.63, 3.8) is 0 Å². The molecule has 1 fully saturated rings. The summed E-state index contributed by atoms with van der Waals surface area (Å²) in [6.07, 6.45) is 1.74. The predicted molar refractivity (Wildman–Crippen MR) is 131 cm³/mol. The summed E-state index contributed by atoms with van der Waals surface area (Å²) in [5.41, 5.74) is 2.09. The second kappa shape index (κ2) is 9.52. The van der Waals surface area contributed by atoms with E-state index in [2.05, 4.69) is 0 Å². The normalized spacial score (nSPS) is 14.8. The molecule has 4 rings (SSSR count). The average molecular weight is 483 g/mol. The minimum absolute atomic E-state index is 0.0525. The smallest absolute Gasteiger partial charge is 0.270 e. The molecular weight excluding hydrogens is 468 g/mol. The van der Waals surface area contributed by atoms with Crippen molar-refractivity contribution in [1.82, 2.24) is 0 Å². The van der Waals surface area contributed by atoms with Crippen molar-refractivity contribution in [2.24, 2.45) is 0 Å². The third kappa shape index (κ3) is 4.83.